The maximum absolute atomic E-state index is 5.87. The first-order chi connectivity index (χ1) is 9.24. The van der Waals surface area contributed by atoms with Crippen molar-refractivity contribution in [3.63, 3.8) is 0 Å². The Hall–Kier alpha value is -1.48. The second-order valence-electron chi connectivity index (χ2n) is 5.05. The van der Waals surface area contributed by atoms with Crippen molar-refractivity contribution in [3.8, 4) is 0 Å². The summed E-state index contributed by atoms with van der Waals surface area (Å²) in [5.41, 5.74) is 9.38. The van der Waals surface area contributed by atoms with Crippen LogP contribution >= 0.6 is 15.9 Å². The first-order valence-corrected chi connectivity index (χ1v) is 7.38. The summed E-state index contributed by atoms with van der Waals surface area (Å²) in [6.45, 7) is 2.16. The molecule has 0 aromatic heterocycles. The molecular weight excluding hydrogens is 300 g/mol. The van der Waals surface area contributed by atoms with Gasteiger partial charge in [0.05, 0.1) is 5.69 Å². The van der Waals surface area contributed by atoms with Gasteiger partial charge in [0.1, 0.15) is 0 Å². The third-order valence-electron chi connectivity index (χ3n) is 3.76. The van der Waals surface area contributed by atoms with Crippen LogP contribution in [0.5, 0.6) is 0 Å². The second-order valence-corrected chi connectivity index (χ2v) is 5.91. The van der Waals surface area contributed by atoms with Crippen LogP contribution < -0.4 is 10.6 Å². The monoisotopic (exact) mass is 316 g/mol. The van der Waals surface area contributed by atoms with Crippen LogP contribution in [0.1, 0.15) is 17.9 Å². The molecule has 2 N–H and O–H groups in total. The Bertz CT molecular complexity index is 582. The molecule has 98 valence electrons. The van der Waals surface area contributed by atoms with Crippen molar-refractivity contribution >= 4 is 27.3 Å². The van der Waals surface area contributed by atoms with E-state index in [4.69, 9.17) is 5.73 Å². The van der Waals surface area contributed by atoms with Gasteiger partial charge in [-0.3, -0.25) is 0 Å². The predicted molar refractivity (Wildman–Crippen MR) is 84.6 cm³/mol. The van der Waals surface area contributed by atoms with Gasteiger partial charge in [0, 0.05) is 29.2 Å². The number of nitrogens with zero attached hydrogens (tertiary/aromatic N) is 1. The minimum atomic E-state index is 0.579. The number of anilines is 2. The number of halogens is 1. The maximum atomic E-state index is 5.87. The molecule has 3 rings (SSSR count). The summed E-state index contributed by atoms with van der Waals surface area (Å²) < 4.78 is 1.17. The highest BCUT2D eigenvalue weighted by Gasteiger charge is 2.24. The van der Waals surface area contributed by atoms with Crippen LogP contribution in [0.4, 0.5) is 11.4 Å². The lowest BCUT2D eigenvalue weighted by molar-refractivity contribution is 0.775. The first kappa shape index (κ1) is 12.5. The number of hydrogen-bond acceptors (Lipinski definition) is 2. The zero-order valence-corrected chi connectivity index (χ0v) is 12.3. The van der Waals surface area contributed by atoms with Gasteiger partial charge >= 0.3 is 0 Å². The molecule has 1 unspecified atom stereocenters. The molecule has 0 spiro atoms. The van der Waals surface area contributed by atoms with Gasteiger partial charge in [-0.1, -0.05) is 24.3 Å². The molecule has 1 aliphatic heterocycles. The summed E-state index contributed by atoms with van der Waals surface area (Å²) in [6, 6.07) is 16.7. The van der Waals surface area contributed by atoms with Gasteiger partial charge in [0.25, 0.3) is 0 Å². The lowest BCUT2D eigenvalue weighted by Gasteiger charge is -2.20. The lowest BCUT2D eigenvalue weighted by Crippen LogP contribution is -2.19. The SMILES string of the molecule is Nc1cccc(C2CCN(c3ccccc3Br)C2)c1. The summed E-state index contributed by atoms with van der Waals surface area (Å²) in [5, 5.41) is 0. The van der Waals surface area contributed by atoms with E-state index in [0.29, 0.717) is 5.92 Å². The molecule has 1 saturated heterocycles. The van der Waals surface area contributed by atoms with Crippen molar-refractivity contribution in [2.45, 2.75) is 12.3 Å². The Labute approximate surface area is 122 Å². The zero-order valence-electron chi connectivity index (χ0n) is 10.7. The Morgan fingerprint density at radius 2 is 1.95 bits per heavy atom. The van der Waals surface area contributed by atoms with Gasteiger partial charge < -0.3 is 10.6 Å². The fourth-order valence-electron chi connectivity index (χ4n) is 2.77. The molecule has 0 radical (unpaired) electrons. The molecule has 1 heterocycles. The van der Waals surface area contributed by atoms with Gasteiger partial charge in [-0.05, 0) is 52.2 Å². The van der Waals surface area contributed by atoms with E-state index in [1.165, 1.54) is 22.1 Å². The molecule has 1 fully saturated rings. The third kappa shape index (κ3) is 2.61. The van der Waals surface area contributed by atoms with E-state index in [1.807, 2.05) is 12.1 Å². The Morgan fingerprint density at radius 3 is 2.74 bits per heavy atom. The average molecular weight is 317 g/mol. The normalized spacial score (nSPS) is 18.8. The topological polar surface area (TPSA) is 29.3 Å². The van der Waals surface area contributed by atoms with Gasteiger partial charge in [-0.25, -0.2) is 0 Å². The van der Waals surface area contributed by atoms with E-state index < -0.39 is 0 Å². The van der Waals surface area contributed by atoms with Crippen LogP contribution in [0, 0.1) is 0 Å². The smallest absolute Gasteiger partial charge is 0.0510 e. The van der Waals surface area contributed by atoms with Crippen LogP contribution in [0.3, 0.4) is 0 Å². The van der Waals surface area contributed by atoms with Crippen LogP contribution in [-0.4, -0.2) is 13.1 Å². The number of para-hydroxylation sites is 1. The summed E-state index contributed by atoms with van der Waals surface area (Å²) in [7, 11) is 0. The number of rotatable bonds is 2. The second kappa shape index (κ2) is 5.25. The van der Waals surface area contributed by atoms with E-state index in [0.717, 1.165) is 18.8 Å². The lowest BCUT2D eigenvalue weighted by atomic mass is 9.98. The summed E-state index contributed by atoms with van der Waals surface area (Å²) in [6.07, 6.45) is 1.19. The largest absolute Gasteiger partial charge is 0.399 e. The molecule has 2 aromatic rings. The van der Waals surface area contributed by atoms with Crippen molar-refractivity contribution < 1.29 is 0 Å². The molecule has 0 bridgehead atoms. The van der Waals surface area contributed by atoms with Gasteiger partial charge in [0.15, 0.2) is 0 Å². The van der Waals surface area contributed by atoms with Crippen molar-refractivity contribution in [2.24, 2.45) is 0 Å². The fourth-order valence-corrected chi connectivity index (χ4v) is 3.31. The Kier molecular flexibility index (Phi) is 3.47. The van der Waals surface area contributed by atoms with E-state index in [2.05, 4.69) is 57.2 Å². The predicted octanol–water partition coefficient (Wildman–Crippen LogP) is 4.03. The van der Waals surface area contributed by atoms with Crippen LogP contribution in [-0.2, 0) is 0 Å². The Morgan fingerprint density at radius 1 is 1.11 bits per heavy atom. The molecule has 2 nitrogen and oxygen atoms in total. The standard InChI is InChI=1S/C16H17BrN2/c17-15-6-1-2-7-16(15)19-9-8-13(11-19)12-4-3-5-14(18)10-12/h1-7,10,13H,8-9,11,18H2. The molecule has 1 atom stereocenters. The molecule has 0 aliphatic carbocycles. The molecule has 2 aromatic carbocycles. The molecule has 0 amide bonds. The quantitative estimate of drug-likeness (QED) is 0.848. The van der Waals surface area contributed by atoms with Crippen molar-refractivity contribution in [3.05, 3.63) is 58.6 Å². The van der Waals surface area contributed by atoms with Crippen LogP contribution in [0.2, 0.25) is 0 Å². The first-order valence-electron chi connectivity index (χ1n) is 6.59. The number of nitrogens with two attached hydrogens (primary N) is 1. The van der Waals surface area contributed by atoms with E-state index in [-0.39, 0.29) is 0 Å². The van der Waals surface area contributed by atoms with E-state index >= 15 is 0 Å². The molecule has 19 heavy (non-hydrogen) atoms. The van der Waals surface area contributed by atoms with Crippen molar-refractivity contribution in [2.75, 3.05) is 23.7 Å². The highest BCUT2D eigenvalue weighted by atomic mass is 79.9. The zero-order chi connectivity index (χ0) is 13.2. The highest BCUT2D eigenvalue weighted by Crippen LogP contribution is 2.34. The van der Waals surface area contributed by atoms with E-state index in [9.17, 15) is 0 Å². The Balaban J connectivity index is 1.79. The summed E-state index contributed by atoms with van der Waals surface area (Å²) in [4.78, 5) is 2.44. The minimum Gasteiger partial charge on any atom is -0.399 e. The minimum absolute atomic E-state index is 0.579. The fraction of sp³-hybridized carbons (Fsp3) is 0.250. The van der Waals surface area contributed by atoms with Gasteiger partial charge in [-0.15, -0.1) is 0 Å². The molecule has 1 aliphatic rings. The van der Waals surface area contributed by atoms with E-state index in [1.54, 1.807) is 0 Å². The van der Waals surface area contributed by atoms with Gasteiger partial charge in [-0.2, -0.15) is 0 Å². The summed E-state index contributed by atoms with van der Waals surface area (Å²) in [5.74, 6) is 0.579. The number of hydrogen-bond donors (Lipinski definition) is 1. The number of benzene rings is 2. The molecular formula is C16H17BrN2. The molecule has 3 heteroatoms. The van der Waals surface area contributed by atoms with Crippen molar-refractivity contribution in [1.29, 1.82) is 0 Å². The van der Waals surface area contributed by atoms with Crippen LogP contribution in [0.15, 0.2) is 53.0 Å². The maximum Gasteiger partial charge on any atom is 0.0510 e. The molecule has 0 saturated carbocycles. The highest BCUT2D eigenvalue weighted by molar-refractivity contribution is 9.10. The average Bonchev–Trinajstić information content (AvgIpc) is 2.89. The van der Waals surface area contributed by atoms with Crippen LogP contribution in [0.25, 0.3) is 0 Å². The summed E-state index contributed by atoms with van der Waals surface area (Å²) >= 11 is 3.63. The van der Waals surface area contributed by atoms with Crippen molar-refractivity contribution in [1.82, 2.24) is 0 Å². The third-order valence-corrected chi connectivity index (χ3v) is 4.43. The number of nitrogen functional groups attached to an aromatic ring is 1. The van der Waals surface area contributed by atoms with Gasteiger partial charge in [0.2, 0.25) is 0 Å².